The predicted molar refractivity (Wildman–Crippen MR) is 78.9 cm³/mol. The van der Waals surface area contributed by atoms with Crippen LogP contribution in [0.15, 0.2) is 0 Å². The Balaban J connectivity index is 2.48. The van der Waals surface area contributed by atoms with Crippen LogP contribution >= 0.6 is 0 Å². The standard InChI is InChI=1S/C17H24F8O/c1-10(11-6-4-3-5-7-11)12-8-14(20,13(2,18)19)16(21,22)15(26,9-12)17(23,24)25/h10-12,26H,3-9H2,1-2H3. The monoisotopic (exact) mass is 396 g/mol. The lowest BCUT2D eigenvalue weighted by atomic mass is 9.60. The molecule has 1 N–H and O–H groups in total. The minimum absolute atomic E-state index is 0.160. The van der Waals surface area contributed by atoms with Crippen LogP contribution in [0.25, 0.3) is 0 Å². The molecule has 9 heteroatoms. The highest BCUT2D eigenvalue weighted by atomic mass is 19.4. The molecule has 2 rings (SSSR count). The second kappa shape index (κ2) is 6.48. The molecule has 0 radical (unpaired) electrons. The van der Waals surface area contributed by atoms with Crippen molar-refractivity contribution in [1.82, 2.24) is 0 Å². The van der Waals surface area contributed by atoms with Crippen molar-refractivity contribution in [3.63, 3.8) is 0 Å². The first-order chi connectivity index (χ1) is 11.6. The number of rotatable bonds is 3. The molecule has 0 aromatic carbocycles. The van der Waals surface area contributed by atoms with Gasteiger partial charge in [0.2, 0.25) is 11.3 Å². The second-order valence-corrected chi connectivity index (χ2v) is 8.05. The third-order valence-corrected chi connectivity index (χ3v) is 6.42. The lowest BCUT2D eigenvalue weighted by Crippen LogP contribution is -2.75. The minimum atomic E-state index is -5.94. The average molecular weight is 396 g/mol. The van der Waals surface area contributed by atoms with Gasteiger partial charge in [-0.15, -0.1) is 0 Å². The van der Waals surface area contributed by atoms with Gasteiger partial charge in [-0.25, -0.2) is 13.2 Å². The summed E-state index contributed by atoms with van der Waals surface area (Å²) in [5.41, 5.74) is -9.61. The maximum Gasteiger partial charge on any atom is 0.423 e. The van der Waals surface area contributed by atoms with E-state index < -0.39 is 54.0 Å². The van der Waals surface area contributed by atoms with Crippen LogP contribution in [0, 0.1) is 17.8 Å². The van der Waals surface area contributed by atoms with Crippen molar-refractivity contribution < 1.29 is 40.2 Å². The Morgan fingerprint density at radius 3 is 1.81 bits per heavy atom. The van der Waals surface area contributed by atoms with Gasteiger partial charge in [0.15, 0.2) is 0 Å². The molecule has 154 valence electrons. The number of alkyl halides is 8. The van der Waals surface area contributed by atoms with Gasteiger partial charge in [0.1, 0.15) is 0 Å². The molecule has 0 heterocycles. The summed E-state index contributed by atoms with van der Waals surface area (Å²) in [5, 5.41) is 9.80. The van der Waals surface area contributed by atoms with Crippen molar-refractivity contribution in [2.75, 3.05) is 0 Å². The van der Waals surface area contributed by atoms with E-state index in [2.05, 4.69) is 0 Å². The van der Waals surface area contributed by atoms with E-state index in [1.807, 2.05) is 0 Å². The van der Waals surface area contributed by atoms with E-state index >= 15 is 0 Å². The van der Waals surface area contributed by atoms with Crippen LogP contribution in [-0.2, 0) is 0 Å². The van der Waals surface area contributed by atoms with Gasteiger partial charge < -0.3 is 5.11 Å². The van der Waals surface area contributed by atoms with E-state index in [-0.39, 0.29) is 12.8 Å². The third-order valence-electron chi connectivity index (χ3n) is 6.42. The Morgan fingerprint density at radius 2 is 1.38 bits per heavy atom. The first-order valence-corrected chi connectivity index (χ1v) is 8.82. The van der Waals surface area contributed by atoms with Crippen molar-refractivity contribution >= 4 is 0 Å². The first kappa shape index (κ1) is 21.7. The SMILES string of the molecule is CC(C1CCCCC1)C1CC(O)(C(F)(F)F)C(F)(F)C(F)(C(C)(F)F)C1. The van der Waals surface area contributed by atoms with E-state index in [0.717, 1.165) is 19.3 Å². The van der Waals surface area contributed by atoms with Gasteiger partial charge in [-0.3, -0.25) is 0 Å². The molecule has 0 amide bonds. The second-order valence-electron chi connectivity index (χ2n) is 8.05. The zero-order valence-electron chi connectivity index (χ0n) is 14.7. The number of aliphatic hydroxyl groups is 1. The molecule has 26 heavy (non-hydrogen) atoms. The maximum absolute atomic E-state index is 14.9. The van der Waals surface area contributed by atoms with Gasteiger partial charge in [-0.1, -0.05) is 39.0 Å². The molecule has 1 nitrogen and oxygen atoms in total. The minimum Gasteiger partial charge on any atom is -0.376 e. The largest absolute Gasteiger partial charge is 0.423 e. The fraction of sp³-hybridized carbons (Fsp3) is 1.00. The molecule has 0 aromatic rings. The summed E-state index contributed by atoms with van der Waals surface area (Å²) in [6.07, 6.45) is -5.07. The van der Waals surface area contributed by atoms with Gasteiger partial charge in [0, 0.05) is 6.92 Å². The molecule has 4 atom stereocenters. The van der Waals surface area contributed by atoms with E-state index in [1.165, 1.54) is 6.92 Å². The lowest BCUT2D eigenvalue weighted by molar-refractivity contribution is -0.401. The average Bonchev–Trinajstić information content (AvgIpc) is 2.50. The summed E-state index contributed by atoms with van der Waals surface area (Å²) >= 11 is 0. The summed E-state index contributed by atoms with van der Waals surface area (Å²) in [6, 6.07) is 0. The summed E-state index contributed by atoms with van der Waals surface area (Å²) in [4.78, 5) is 0. The van der Waals surface area contributed by atoms with Crippen molar-refractivity contribution in [3.05, 3.63) is 0 Å². The Labute approximate surface area is 147 Å². The molecule has 2 aliphatic carbocycles. The van der Waals surface area contributed by atoms with Gasteiger partial charge in [-0.05, 0) is 30.6 Å². The van der Waals surface area contributed by atoms with Crippen LogP contribution in [0.5, 0.6) is 0 Å². The topological polar surface area (TPSA) is 20.2 Å². The van der Waals surface area contributed by atoms with Gasteiger partial charge in [0.25, 0.3) is 5.92 Å². The van der Waals surface area contributed by atoms with E-state index in [0.29, 0.717) is 12.8 Å². The fourth-order valence-corrected chi connectivity index (χ4v) is 4.56. The normalized spacial score (nSPS) is 38.2. The van der Waals surface area contributed by atoms with Crippen LogP contribution in [0.1, 0.15) is 58.8 Å². The summed E-state index contributed by atoms with van der Waals surface area (Å²) in [6.45, 7) is 1.32. The molecule has 0 bridgehead atoms. The smallest absolute Gasteiger partial charge is 0.376 e. The zero-order chi connectivity index (χ0) is 20.2. The molecule has 2 fully saturated rings. The van der Waals surface area contributed by atoms with Crippen molar-refractivity contribution in [2.45, 2.75) is 88.1 Å². The molecule has 0 aliphatic heterocycles. The molecule has 4 unspecified atom stereocenters. The van der Waals surface area contributed by atoms with Gasteiger partial charge in [0.05, 0.1) is 0 Å². The van der Waals surface area contributed by atoms with Crippen molar-refractivity contribution in [3.8, 4) is 0 Å². The highest BCUT2D eigenvalue weighted by Crippen LogP contribution is 2.63. The summed E-state index contributed by atoms with van der Waals surface area (Å²) in [5.74, 6) is -12.7. The van der Waals surface area contributed by atoms with E-state index in [1.54, 1.807) is 0 Å². The highest BCUT2D eigenvalue weighted by Gasteiger charge is 2.84. The van der Waals surface area contributed by atoms with Crippen LogP contribution in [0.4, 0.5) is 35.1 Å². The molecule has 2 aliphatic rings. The molecule has 2 saturated carbocycles. The quantitative estimate of drug-likeness (QED) is 0.589. The highest BCUT2D eigenvalue weighted by molar-refractivity contribution is 5.18. The Bertz CT molecular complexity index is 476. The van der Waals surface area contributed by atoms with Gasteiger partial charge in [-0.2, -0.15) is 22.0 Å². The van der Waals surface area contributed by atoms with E-state index in [9.17, 15) is 40.2 Å². The van der Waals surface area contributed by atoms with Crippen LogP contribution in [-0.4, -0.2) is 34.4 Å². The first-order valence-electron chi connectivity index (χ1n) is 8.82. The number of hydrogen-bond donors (Lipinski definition) is 1. The van der Waals surface area contributed by atoms with Crippen LogP contribution in [0.3, 0.4) is 0 Å². The molecule has 0 saturated heterocycles. The summed E-state index contributed by atoms with van der Waals surface area (Å²) < 4.78 is 111. The lowest BCUT2D eigenvalue weighted by Gasteiger charge is -2.53. The molecule has 0 spiro atoms. The third kappa shape index (κ3) is 3.11. The molecular formula is C17H24F8O. The van der Waals surface area contributed by atoms with Crippen molar-refractivity contribution in [1.29, 1.82) is 0 Å². The fourth-order valence-electron chi connectivity index (χ4n) is 4.56. The molecule has 0 aromatic heterocycles. The Kier molecular flexibility index (Phi) is 5.41. The van der Waals surface area contributed by atoms with Crippen molar-refractivity contribution in [2.24, 2.45) is 17.8 Å². The number of hydrogen-bond acceptors (Lipinski definition) is 1. The Morgan fingerprint density at radius 1 is 0.885 bits per heavy atom. The van der Waals surface area contributed by atoms with Crippen LogP contribution in [0.2, 0.25) is 0 Å². The molecular weight excluding hydrogens is 372 g/mol. The Hall–Kier alpha value is -0.600. The van der Waals surface area contributed by atoms with Crippen LogP contribution < -0.4 is 0 Å². The van der Waals surface area contributed by atoms with E-state index in [4.69, 9.17) is 0 Å². The number of halogens is 8. The zero-order valence-corrected chi connectivity index (χ0v) is 14.7. The predicted octanol–water partition coefficient (Wildman–Crippen LogP) is 5.91. The maximum atomic E-state index is 14.9. The van der Waals surface area contributed by atoms with Gasteiger partial charge >= 0.3 is 12.1 Å². The summed E-state index contributed by atoms with van der Waals surface area (Å²) in [7, 11) is 0.